The summed E-state index contributed by atoms with van der Waals surface area (Å²) in [6.45, 7) is 6.96. The fourth-order valence-corrected chi connectivity index (χ4v) is 2.62. The van der Waals surface area contributed by atoms with Gasteiger partial charge < -0.3 is 24.4 Å². The molecule has 0 bridgehead atoms. The van der Waals surface area contributed by atoms with Gasteiger partial charge in [-0.15, -0.1) is 0 Å². The third kappa shape index (κ3) is 6.80. The van der Waals surface area contributed by atoms with Crippen molar-refractivity contribution in [3.63, 3.8) is 0 Å². The predicted octanol–water partition coefficient (Wildman–Crippen LogP) is 1.77. The van der Waals surface area contributed by atoms with Crippen molar-refractivity contribution in [3.05, 3.63) is 29.8 Å². The zero-order valence-corrected chi connectivity index (χ0v) is 15.9. The number of carbonyl (C=O) groups is 3. The Morgan fingerprint density at radius 2 is 1.70 bits per heavy atom. The van der Waals surface area contributed by atoms with Gasteiger partial charge in [0.1, 0.15) is 11.4 Å². The van der Waals surface area contributed by atoms with E-state index in [0.29, 0.717) is 37.5 Å². The monoisotopic (exact) mass is 378 g/mol. The van der Waals surface area contributed by atoms with Gasteiger partial charge in [-0.25, -0.2) is 4.79 Å². The van der Waals surface area contributed by atoms with Crippen LogP contribution in [-0.2, 0) is 20.7 Å². The first-order chi connectivity index (χ1) is 12.6. The van der Waals surface area contributed by atoms with Crippen LogP contribution >= 0.6 is 0 Å². The summed E-state index contributed by atoms with van der Waals surface area (Å²) in [5.74, 6) is -0.650. The van der Waals surface area contributed by atoms with Crippen LogP contribution in [0.15, 0.2) is 24.3 Å². The van der Waals surface area contributed by atoms with Crippen LogP contribution < -0.4 is 4.74 Å². The van der Waals surface area contributed by atoms with E-state index in [2.05, 4.69) is 0 Å². The highest BCUT2D eigenvalue weighted by atomic mass is 16.6. The maximum atomic E-state index is 12.3. The molecule has 1 aromatic carbocycles. The van der Waals surface area contributed by atoms with E-state index in [1.165, 1.54) is 0 Å². The average Bonchev–Trinajstić information content (AvgIpc) is 2.58. The molecule has 0 saturated carbocycles. The van der Waals surface area contributed by atoms with Gasteiger partial charge in [-0.2, -0.15) is 0 Å². The molecule has 0 unspecified atom stereocenters. The zero-order valence-electron chi connectivity index (χ0n) is 15.9. The predicted molar refractivity (Wildman–Crippen MR) is 97.7 cm³/mol. The second-order valence-electron chi connectivity index (χ2n) is 7.35. The molecule has 1 fully saturated rings. The molecule has 1 saturated heterocycles. The molecule has 2 amide bonds. The van der Waals surface area contributed by atoms with Crippen LogP contribution in [0.3, 0.4) is 0 Å². The van der Waals surface area contributed by atoms with E-state index in [1.807, 2.05) is 20.8 Å². The summed E-state index contributed by atoms with van der Waals surface area (Å²) in [6, 6.07) is 6.68. The second kappa shape index (κ2) is 8.75. The molecule has 1 N–H and O–H groups in total. The number of carboxylic acid groups (broad SMARTS) is 1. The number of nitrogens with zero attached hydrogens (tertiary/aromatic N) is 2. The fraction of sp³-hybridized carbons (Fsp3) is 0.526. The summed E-state index contributed by atoms with van der Waals surface area (Å²) >= 11 is 0. The molecule has 0 aliphatic carbocycles. The highest BCUT2D eigenvalue weighted by Crippen LogP contribution is 2.15. The number of benzene rings is 1. The Hall–Kier alpha value is -2.77. The van der Waals surface area contributed by atoms with Gasteiger partial charge in [0.25, 0.3) is 5.91 Å². The van der Waals surface area contributed by atoms with Crippen molar-refractivity contribution in [2.45, 2.75) is 32.8 Å². The quantitative estimate of drug-likeness (QED) is 0.839. The summed E-state index contributed by atoms with van der Waals surface area (Å²) in [6.07, 6.45) is -0.473. The minimum Gasteiger partial charge on any atom is -0.484 e. The van der Waals surface area contributed by atoms with Gasteiger partial charge in [0, 0.05) is 26.2 Å². The van der Waals surface area contributed by atoms with Crippen LogP contribution in [-0.4, -0.2) is 71.3 Å². The molecule has 1 heterocycles. The lowest BCUT2D eigenvalue weighted by molar-refractivity contribution is -0.136. The van der Waals surface area contributed by atoms with Crippen LogP contribution in [0, 0.1) is 0 Å². The minimum absolute atomic E-state index is 0.0994. The summed E-state index contributed by atoms with van der Waals surface area (Å²) < 4.78 is 10.8. The zero-order chi connectivity index (χ0) is 20.0. The second-order valence-corrected chi connectivity index (χ2v) is 7.35. The smallest absolute Gasteiger partial charge is 0.410 e. The van der Waals surface area contributed by atoms with Crippen LogP contribution in [0.2, 0.25) is 0 Å². The number of aliphatic carboxylic acids is 1. The average molecular weight is 378 g/mol. The van der Waals surface area contributed by atoms with E-state index in [0.717, 1.165) is 0 Å². The molecule has 1 aliphatic rings. The van der Waals surface area contributed by atoms with Crippen LogP contribution in [0.4, 0.5) is 4.79 Å². The van der Waals surface area contributed by atoms with Crippen molar-refractivity contribution in [3.8, 4) is 5.75 Å². The third-order valence-electron chi connectivity index (χ3n) is 3.90. The largest absolute Gasteiger partial charge is 0.484 e. The molecular formula is C19H26N2O6. The SMILES string of the molecule is CC(C)(C)OC(=O)N1CCN(C(=O)COc2cccc(CC(=O)O)c2)CC1. The Morgan fingerprint density at radius 1 is 1.07 bits per heavy atom. The molecule has 2 rings (SSSR count). The first-order valence-corrected chi connectivity index (χ1v) is 8.83. The number of rotatable bonds is 5. The Morgan fingerprint density at radius 3 is 2.30 bits per heavy atom. The van der Waals surface area contributed by atoms with E-state index in [-0.39, 0.29) is 25.0 Å². The summed E-state index contributed by atoms with van der Waals surface area (Å²) in [5.41, 5.74) is 0.0611. The number of amides is 2. The number of ether oxygens (including phenoxy) is 2. The van der Waals surface area contributed by atoms with Crippen molar-refractivity contribution in [2.75, 3.05) is 32.8 Å². The highest BCUT2D eigenvalue weighted by Gasteiger charge is 2.27. The summed E-state index contributed by atoms with van der Waals surface area (Å²) in [4.78, 5) is 38.3. The number of carbonyl (C=O) groups excluding carboxylic acids is 2. The summed E-state index contributed by atoms with van der Waals surface area (Å²) in [5, 5.41) is 8.83. The van der Waals surface area contributed by atoms with E-state index in [4.69, 9.17) is 14.6 Å². The molecule has 8 nitrogen and oxygen atoms in total. The summed E-state index contributed by atoms with van der Waals surface area (Å²) in [7, 11) is 0. The first-order valence-electron chi connectivity index (χ1n) is 8.83. The number of piperazine rings is 1. The Labute approximate surface area is 158 Å². The van der Waals surface area contributed by atoms with Crippen LogP contribution in [0.5, 0.6) is 5.75 Å². The molecule has 0 aromatic heterocycles. The van der Waals surface area contributed by atoms with E-state index >= 15 is 0 Å². The molecule has 0 spiro atoms. The number of hydrogen-bond donors (Lipinski definition) is 1. The molecule has 0 atom stereocenters. The lowest BCUT2D eigenvalue weighted by atomic mass is 10.1. The topological polar surface area (TPSA) is 96.4 Å². The Balaban J connectivity index is 1.79. The molecule has 1 aliphatic heterocycles. The maximum absolute atomic E-state index is 12.3. The van der Waals surface area contributed by atoms with Crippen molar-refractivity contribution in [1.29, 1.82) is 0 Å². The van der Waals surface area contributed by atoms with Crippen LogP contribution in [0.1, 0.15) is 26.3 Å². The van der Waals surface area contributed by atoms with Gasteiger partial charge in [0.05, 0.1) is 6.42 Å². The maximum Gasteiger partial charge on any atom is 0.410 e. The van der Waals surface area contributed by atoms with Crippen molar-refractivity contribution in [1.82, 2.24) is 9.80 Å². The lowest BCUT2D eigenvalue weighted by Gasteiger charge is -2.35. The molecule has 27 heavy (non-hydrogen) atoms. The van der Waals surface area contributed by atoms with E-state index in [9.17, 15) is 14.4 Å². The van der Waals surface area contributed by atoms with Crippen molar-refractivity contribution in [2.24, 2.45) is 0 Å². The molecule has 0 radical (unpaired) electrons. The molecule has 1 aromatic rings. The first kappa shape index (κ1) is 20.5. The standard InChI is InChI=1S/C19H26N2O6/c1-19(2,3)27-18(25)21-9-7-20(8-10-21)16(22)13-26-15-6-4-5-14(11-15)12-17(23)24/h4-6,11H,7-10,12-13H2,1-3H3,(H,23,24). The van der Waals surface area contributed by atoms with Gasteiger partial charge in [-0.05, 0) is 38.5 Å². The van der Waals surface area contributed by atoms with Gasteiger partial charge in [0.2, 0.25) is 0 Å². The van der Waals surface area contributed by atoms with Crippen LogP contribution in [0.25, 0.3) is 0 Å². The third-order valence-corrected chi connectivity index (χ3v) is 3.90. The molecule has 8 heteroatoms. The lowest BCUT2D eigenvalue weighted by Crippen LogP contribution is -2.52. The van der Waals surface area contributed by atoms with Crippen molar-refractivity contribution >= 4 is 18.0 Å². The van der Waals surface area contributed by atoms with Crippen molar-refractivity contribution < 1.29 is 29.0 Å². The van der Waals surface area contributed by atoms with Gasteiger partial charge in [-0.1, -0.05) is 12.1 Å². The fourth-order valence-electron chi connectivity index (χ4n) is 2.62. The van der Waals surface area contributed by atoms with E-state index < -0.39 is 11.6 Å². The Bertz CT molecular complexity index is 690. The number of carboxylic acids is 1. The van der Waals surface area contributed by atoms with Gasteiger partial charge >= 0.3 is 12.1 Å². The molecule has 148 valence electrons. The Kier molecular flexibility index (Phi) is 6.65. The molecular weight excluding hydrogens is 352 g/mol. The number of hydrogen-bond acceptors (Lipinski definition) is 5. The van der Waals surface area contributed by atoms with Gasteiger partial charge in [-0.3, -0.25) is 9.59 Å². The van der Waals surface area contributed by atoms with E-state index in [1.54, 1.807) is 34.1 Å². The minimum atomic E-state index is -0.925. The normalized spacial score (nSPS) is 14.6. The highest BCUT2D eigenvalue weighted by molar-refractivity contribution is 5.78. The van der Waals surface area contributed by atoms with Gasteiger partial charge in [0.15, 0.2) is 6.61 Å².